The molecule has 1 saturated carbocycles. The monoisotopic (exact) mass is 471 g/mol. The maximum absolute atomic E-state index is 13.4. The second-order valence-corrected chi connectivity index (χ2v) is 8.68. The van der Waals surface area contributed by atoms with Gasteiger partial charge in [0.15, 0.2) is 5.82 Å². The van der Waals surface area contributed by atoms with Gasteiger partial charge in [-0.25, -0.2) is 23.7 Å². The molecule has 0 bridgehead atoms. The van der Waals surface area contributed by atoms with Crippen molar-refractivity contribution >= 4 is 34.8 Å². The Kier molecular flexibility index (Phi) is 5.35. The van der Waals surface area contributed by atoms with E-state index in [-0.39, 0.29) is 5.82 Å². The highest BCUT2D eigenvalue weighted by atomic mass is 35.5. The van der Waals surface area contributed by atoms with E-state index >= 15 is 0 Å². The molecule has 164 valence electrons. The normalized spacial score (nSPS) is 13.5. The lowest BCUT2D eigenvalue weighted by Crippen LogP contribution is -2.08. The molecule has 7 nitrogen and oxygen atoms in total. The van der Waals surface area contributed by atoms with Gasteiger partial charge in [0.2, 0.25) is 0 Å². The van der Waals surface area contributed by atoms with Crippen molar-refractivity contribution in [3.05, 3.63) is 63.9 Å². The number of hydrogen-bond acceptors (Lipinski definition) is 5. The maximum atomic E-state index is 13.4. The lowest BCUT2D eigenvalue weighted by atomic mass is 10.1. The third-order valence-electron chi connectivity index (χ3n) is 5.46. The van der Waals surface area contributed by atoms with Crippen molar-refractivity contribution in [3.8, 4) is 17.1 Å². The number of hydrogen-bond donors (Lipinski definition) is 1. The predicted molar refractivity (Wildman–Crippen MR) is 122 cm³/mol. The molecule has 1 aliphatic rings. The summed E-state index contributed by atoms with van der Waals surface area (Å²) in [6.07, 6.45) is 3.79. The fourth-order valence-electron chi connectivity index (χ4n) is 3.53. The fourth-order valence-corrected chi connectivity index (χ4v) is 3.94. The molecule has 4 aromatic rings. The first kappa shape index (κ1) is 20.9. The molecule has 0 radical (unpaired) electrons. The molecule has 5 rings (SSSR count). The van der Waals surface area contributed by atoms with Gasteiger partial charge < -0.3 is 5.32 Å². The summed E-state index contributed by atoms with van der Waals surface area (Å²) in [4.78, 5) is 8.67. The topological polar surface area (TPSA) is 73.5 Å². The lowest BCUT2D eigenvalue weighted by molar-refractivity contribution is 0.571. The highest BCUT2D eigenvalue weighted by molar-refractivity contribution is 6.35. The molecule has 3 aromatic heterocycles. The second kappa shape index (κ2) is 8.18. The second-order valence-electron chi connectivity index (χ2n) is 7.93. The summed E-state index contributed by atoms with van der Waals surface area (Å²) >= 11 is 13.0. The van der Waals surface area contributed by atoms with E-state index in [2.05, 4.69) is 20.4 Å². The summed E-state index contributed by atoms with van der Waals surface area (Å²) in [7, 11) is 0. The summed E-state index contributed by atoms with van der Waals surface area (Å²) < 4.78 is 16.9. The highest BCUT2D eigenvalue weighted by Crippen LogP contribution is 2.38. The van der Waals surface area contributed by atoms with E-state index in [0.29, 0.717) is 39.1 Å². The Balaban J connectivity index is 1.52. The third kappa shape index (κ3) is 3.96. The Labute approximate surface area is 194 Å². The van der Waals surface area contributed by atoms with Crippen LogP contribution in [0.3, 0.4) is 0 Å². The van der Waals surface area contributed by atoms with Gasteiger partial charge in [-0.15, -0.1) is 0 Å². The highest BCUT2D eigenvalue weighted by Gasteiger charge is 2.26. The molecular formula is C22H20Cl2FN7. The number of halogens is 3. The van der Waals surface area contributed by atoms with Crippen LogP contribution < -0.4 is 5.32 Å². The standard InChI is InChI=1S/C22H20Cl2FN7/c1-12-19(23)13(2)32(29-12)18-9-17(26-11-27-18)28-22-20(24)21(15-5-7-16(25)8-6-15)30-31(22)10-14-3-4-14/h5-9,11,14H,3-4,10H2,1-2H3,(H,26,27,28). The van der Waals surface area contributed by atoms with Crippen molar-refractivity contribution in [1.29, 1.82) is 0 Å². The summed E-state index contributed by atoms with van der Waals surface area (Å²) in [5, 5.41) is 13.5. The molecule has 1 aliphatic carbocycles. The first-order valence-corrected chi connectivity index (χ1v) is 11.0. The molecule has 0 spiro atoms. The van der Waals surface area contributed by atoms with Crippen LogP contribution in [-0.2, 0) is 6.54 Å². The molecule has 0 atom stereocenters. The Morgan fingerprint density at radius 2 is 1.81 bits per heavy atom. The molecule has 0 amide bonds. The van der Waals surface area contributed by atoms with E-state index in [0.717, 1.165) is 23.5 Å². The van der Waals surface area contributed by atoms with E-state index in [9.17, 15) is 4.39 Å². The smallest absolute Gasteiger partial charge is 0.159 e. The van der Waals surface area contributed by atoms with Crippen molar-refractivity contribution in [1.82, 2.24) is 29.5 Å². The molecule has 1 fully saturated rings. The van der Waals surface area contributed by atoms with Crippen LogP contribution in [-0.4, -0.2) is 29.5 Å². The average Bonchev–Trinajstić information content (AvgIpc) is 3.51. The van der Waals surface area contributed by atoms with Gasteiger partial charge in [0.05, 0.1) is 16.4 Å². The van der Waals surface area contributed by atoms with Crippen molar-refractivity contribution in [3.63, 3.8) is 0 Å². The van der Waals surface area contributed by atoms with Crippen LogP contribution in [0.25, 0.3) is 17.1 Å². The van der Waals surface area contributed by atoms with Crippen LogP contribution in [0.4, 0.5) is 16.0 Å². The summed E-state index contributed by atoms with van der Waals surface area (Å²) in [6.45, 7) is 4.47. The zero-order valence-corrected chi connectivity index (χ0v) is 19.0. The van der Waals surface area contributed by atoms with Crippen molar-refractivity contribution in [2.75, 3.05) is 5.32 Å². The summed E-state index contributed by atoms with van der Waals surface area (Å²) in [6, 6.07) is 7.91. The quantitative estimate of drug-likeness (QED) is 0.387. The van der Waals surface area contributed by atoms with Gasteiger partial charge in [0.1, 0.15) is 34.5 Å². The molecule has 32 heavy (non-hydrogen) atoms. The van der Waals surface area contributed by atoms with Crippen LogP contribution in [0.1, 0.15) is 24.2 Å². The summed E-state index contributed by atoms with van der Waals surface area (Å²) in [5.74, 6) is 2.03. The number of benzene rings is 1. The number of anilines is 2. The molecule has 1 aromatic carbocycles. The predicted octanol–water partition coefficient (Wildman–Crippen LogP) is 5.74. The SMILES string of the molecule is Cc1nn(-c2cc(Nc3c(Cl)c(-c4ccc(F)cc4)nn3CC3CC3)ncn2)c(C)c1Cl. The van der Waals surface area contributed by atoms with Gasteiger partial charge in [-0.3, -0.25) is 0 Å². The van der Waals surface area contributed by atoms with E-state index < -0.39 is 0 Å². The first-order chi connectivity index (χ1) is 15.4. The number of aryl methyl sites for hydroxylation is 1. The zero-order chi connectivity index (χ0) is 22.4. The van der Waals surface area contributed by atoms with Crippen molar-refractivity contribution in [2.24, 2.45) is 5.92 Å². The Hall–Kier alpha value is -2.97. The van der Waals surface area contributed by atoms with E-state index in [4.69, 9.17) is 28.3 Å². The third-order valence-corrected chi connectivity index (χ3v) is 6.36. The van der Waals surface area contributed by atoms with Crippen molar-refractivity contribution in [2.45, 2.75) is 33.2 Å². The molecule has 3 heterocycles. The lowest BCUT2D eigenvalue weighted by Gasteiger charge is -2.10. The van der Waals surface area contributed by atoms with E-state index in [1.165, 1.54) is 31.3 Å². The van der Waals surface area contributed by atoms with Gasteiger partial charge in [-0.05, 0) is 56.9 Å². The Morgan fingerprint density at radius 3 is 2.47 bits per heavy atom. The Morgan fingerprint density at radius 1 is 1.06 bits per heavy atom. The van der Waals surface area contributed by atoms with Gasteiger partial charge in [0.25, 0.3) is 0 Å². The molecular weight excluding hydrogens is 452 g/mol. The minimum Gasteiger partial charge on any atom is -0.324 e. The van der Waals surface area contributed by atoms with Gasteiger partial charge in [-0.2, -0.15) is 10.2 Å². The number of aromatic nitrogens is 6. The zero-order valence-electron chi connectivity index (χ0n) is 17.5. The first-order valence-electron chi connectivity index (χ1n) is 10.2. The van der Waals surface area contributed by atoms with Gasteiger partial charge in [-0.1, -0.05) is 23.2 Å². The fraction of sp³-hybridized carbons (Fsp3) is 0.273. The molecule has 0 saturated heterocycles. The molecule has 10 heteroatoms. The molecule has 0 unspecified atom stereocenters. The number of nitrogens with one attached hydrogen (secondary N) is 1. The van der Waals surface area contributed by atoms with Crippen molar-refractivity contribution < 1.29 is 4.39 Å². The minimum absolute atomic E-state index is 0.307. The van der Waals surface area contributed by atoms with Crippen LogP contribution in [0, 0.1) is 25.6 Å². The van der Waals surface area contributed by atoms with Crippen LogP contribution in [0.15, 0.2) is 36.7 Å². The average molecular weight is 472 g/mol. The number of rotatable bonds is 6. The molecule has 0 aliphatic heterocycles. The van der Waals surface area contributed by atoms with Gasteiger partial charge in [0, 0.05) is 18.2 Å². The van der Waals surface area contributed by atoms with Crippen LogP contribution >= 0.6 is 23.2 Å². The maximum Gasteiger partial charge on any atom is 0.159 e. The van der Waals surface area contributed by atoms with E-state index in [1.54, 1.807) is 22.9 Å². The Bertz CT molecular complexity index is 1290. The van der Waals surface area contributed by atoms with E-state index in [1.807, 2.05) is 18.5 Å². The van der Waals surface area contributed by atoms with Crippen LogP contribution in [0.5, 0.6) is 0 Å². The van der Waals surface area contributed by atoms with Crippen LogP contribution in [0.2, 0.25) is 10.0 Å². The van der Waals surface area contributed by atoms with Gasteiger partial charge >= 0.3 is 0 Å². The minimum atomic E-state index is -0.307. The molecule has 1 N–H and O–H groups in total. The largest absolute Gasteiger partial charge is 0.324 e. The number of nitrogens with zero attached hydrogens (tertiary/aromatic N) is 6. The summed E-state index contributed by atoms with van der Waals surface area (Å²) in [5.41, 5.74) is 2.86.